The third-order valence-electron chi connectivity index (χ3n) is 3.56. The molecule has 0 saturated heterocycles. The van der Waals surface area contributed by atoms with E-state index in [2.05, 4.69) is 13.8 Å². The summed E-state index contributed by atoms with van der Waals surface area (Å²) in [6.45, 7) is 6.49. The van der Waals surface area contributed by atoms with Crippen molar-refractivity contribution in [2.45, 2.75) is 97.5 Å². The fraction of sp³-hybridized carbons (Fsp3) is 1.00. The Balaban J connectivity index is 3.79. The number of rotatable bonds is 15. The molecule has 0 aliphatic rings. The van der Waals surface area contributed by atoms with Crippen LogP contribution in [-0.4, -0.2) is 21.1 Å². The third kappa shape index (κ3) is 13.3. The van der Waals surface area contributed by atoms with Crippen molar-refractivity contribution in [2.75, 3.05) is 6.61 Å². The Bertz CT molecular complexity index is 314. The minimum absolute atomic E-state index is 0.236. The summed E-state index contributed by atoms with van der Waals surface area (Å²) >= 11 is 0. The SMILES string of the molecule is CCCCCCCCOS(=O)(=O)OC(CC)CCCCC. The quantitative estimate of drug-likeness (QED) is 0.399. The standard InChI is InChI=1S/C16H34O4S/c1-4-7-9-10-11-13-15-19-21(17,18)20-16(6-3)14-12-8-5-2/h16H,4-15H2,1-3H3. The molecule has 0 N–H and O–H groups in total. The molecule has 0 aliphatic carbocycles. The fourth-order valence-corrected chi connectivity index (χ4v) is 3.12. The van der Waals surface area contributed by atoms with E-state index < -0.39 is 10.4 Å². The van der Waals surface area contributed by atoms with Crippen LogP contribution in [-0.2, 0) is 18.8 Å². The second kappa shape index (κ2) is 13.5. The highest BCUT2D eigenvalue weighted by Gasteiger charge is 2.18. The highest BCUT2D eigenvalue weighted by Crippen LogP contribution is 2.14. The lowest BCUT2D eigenvalue weighted by atomic mass is 10.1. The molecular formula is C16H34O4S. The van der Waals surface area contributed by atoms with Gasteiger partial charge in [0.25, 0.3) is 0 Å². The zero-order valence-corrected chi connectivity index (χ0v) is 14.9. The minimum Gasteiger partial charge on any atom is -0.248 e. The zero-order valence-electron chi connectivity index (χ0n) is 14.1. The minimum atomic E-state index is -3.83. The van der Waals surface area contributed by atoms with Crippen LogP contribution >= 0.6 is 0 Å². The summed E-state index contributed by atoms with van der Waals surface area (Å²) in [4.78, 5) is 0. The zero-order chi connectivity index (χ0) is 16.0. The summed E-state index contributed by atoms with van der Waals surface area (Å²) in [6, 6.07) is 0. The van der Waals surface area contributed by atoms with Crippen LogP contribution in [0.25, 0.3) is 0 Å². The molecule has 0 rings (SSSR count). The molecule has 1 atom stereocenters. The van der Waals surface area contributed by atoms with Crippen molar-refractivity contribution in [1.29, 1.82) is 0 Å². The predicted octanol–water partition coefficient (Wildman–Crippen LogP) is 4.98. The smallest absolute Gasteiger partial charge is 0.248 e. The van der Waals surface area contributed by atoms with E-state index in [1.165, 1.54) is 19.3 Å². The van der Waals surface area contributed by atoms with Crippen LogP contribution in [0.1, 0.15) is 91.4 Å². The first kappa shape index (κ1) is 20.9. The largest absolute Gasteiger partial charge is 0.400 e. The van der Waals surface area contributed by atoms with Crippen LogP contribution in [0.3, 0.4) is 0 Å². The highest BCUT2D eigenvalue weighted by atomic mass is 32.3. The van der Waals surface area contributed by atoms with Crippen LogP contribution in [0.15, 0.2) is 0 Å². The molecular weight excluding hydrogens is 288 g/mol. The molecule has 0 aromatic rings. The van der Waals surface area contributed by atoms with E-state index in [0.29, 0.717) is 6.42 Å². The molecule has 0 aliphatic heterocycles. The van der Waals surface area contributed by atoms with Gasteiger partial charge in [-0.25, -0.2) is 8.37 Å². The van der Waals surface area contributed by atoms with Crippen molar-refractivity contribution in [1.82, 2.24) is 0 Å². The molecule has 0 fully saturated rings. The first-order valence-electron chi connectivity index (χ1n) is 8.63. The van der Waals surface area contributed by atoms with Crippen molar-refractivity contribution in [3.05, 3.63) is 0 Å². The van der Waals surface area contributed by atoms with E-state index in [-0.39, 0.29) is 12.7 Å². The number of hydrogen-bond acceptors (Lipinski definition) is 4. The van der Waals surface area contributed by atoms with Gasteiger partial charge >= 0.3 is 10.4 Å². The topological polar surface area (TPSA) is 52.6 Å². The first-order chi connectivity index (χ1) is 10.1. The van der Waals surface area contributed by atoms with E-state index in [1.54, 1.807) is 0 Å². The van der Waals surface area contributed by atoms with E-state index in [1.807, 2.05) is 6.92 Å². The van der Waals surface area contributed by atoms with Gasteiger partial charge in [-0.1, -0.05) is 72.1 Å². The summed E-state index contributed by atoms with van der Waals surface area (Å²) in [7, 11) is -3.83. The maximum atomic E-state index is 11.7. The maximum absolute atomic E-state index is 11.7. The van der Waals surface area contributed by atoms with Gasteiger partial charge in [-0.2, -0.15) is 8.42 Å². The molecule has 0 bridgehead atoms. The Labute approximate surface area is 131 Å². The van der Waals surface area contributed by atoms with Gasteiger partial charge in [-0.3, -0.25) is 0 Å². The van der Waals surface area contributed by atoms with Crippen LogP contribution in [0.2, 0.25) is 0 Å². The average molecular weight is 323 g/mol. The molecule has 0 saturated carbocycles. The lowest BCUT2D eigenvalue weighted by molar-refractivity contribution is 0.142. The summed E-state index contributed by atoms with van der Waals surface area (Å²) in [6.07, 6.45) is 11.1. The molecule has 0 aromatic carbocycles. The Kier molecular flexibility index (Phi) is 13.4. The van der Waals surface area contributed by atoms with Crippen molar-refractivity contribution in [3.8, 4) is 0 Å². The van der Waals surface area contributed by atoms with E-state index in [9.17, 15) is 8.42 Å². The molecule has 5 heteroatoms. The molecule has 0 heterocycles. The molecule has 0 amide bonds. The van der Waals surface area contributed by atoms with Gasteiger partial charge < -0.3 is 0 Å². The van der Waals surface area contributed by atoms with Gasteiger partial charge in [0.1, 0.15) is 0 Å². The number of unbranched alkanes of at least 4 members (excludes halogenated alkanes) is 7. The highest BCUT2D eigenvalue weighted by molar-refractivity contribution is 7.81. The summed E-state index contributed by atoms with van der Waals surface area (Å²) in [5, 5.41) is 0. The van der Waals surface area contributed by atoms with E-state index in [4.69, 9.17) is 8.37 Å². The number of hydrogen-bond donors (Lipinski definition) is 0. The summed E-state index contributed by atoms with van der Waals surface area (Å²) in [5.41, 5.74) is 0. The molecule has 128 valence electrons. The Hall–Kier alpha value is -0.130. The molecule has 0 spiro atoms. The van der Waals surface area contributed by atoms with Crippen LogP contribution in [0.4, 0.5) is 0 Å². The van der Waals surface area contributed by atoms with Gasteiger partial charge in [0.05, 0.1) is 12.7 Å². The normalized spacial score (nSPS) is 13.5. The third-order valence-corrected chi connectivity index (χ3v) is 4.53. The summed E-state index contributed by atoms with van der Waals surface area (Å²) < 4.78 is 33.5. The Morgan fingerprint density at radius 1 is 0.810 bits per heavy atom. The predicted molar refractivity (Wildman–Crippen MR) is 87.6 cm³/mol. The van der Waals surface area contributed by atoms with Gasteiger partial charge in [0.15, 0.2) is 0 Å². The van der Waals surface area contributed by atoms with Crippen LogP contribution < -0.4 is 0 Å². The molecule has 0 radical (unpaired) electrons. The second-order valence-electron chi connectivity index (χ2n) is 5.62. The monoisotopic (exact) mass is 322 g/mol. The van der Waals surface area contributed by atoms with E-state index in [0.717, 1.165) is 44.9 Å². The molecule has 21 heavy (non-hydrogen) atoms. The van der Waals surface area contributed by atoms with E-state index >= 15 is 0 Å². The lowest BCUT2D eigenvalue weighted by Gasteiger charge is -2.15. The van der Waals surface area contributed by atoms with Gasteiger partial charge in [0, 0.05) is 0 Å². The molecule has 1 unspecified atom stereocenters. The van der Waals surface area contributed by atoms with Crippen molar-refractivity contribution in [3.63, 3.8) is 0 Å². The lowest BCUT2D eigenvalue weighted by Crippen LogP contribution is -2.20. The van der Waals surface area contributed by atoms with Crippen molar-refractivity contribution < 1.29 is 16.8 Å². The van der Waals surface area contributed by atoms with Gasteiger partial charge in [-0.15, -0.1) is 0 Å². The first-order valence-corrected chi connectivity index (χ1v) is 9.96. The van der Waals surface area contributed by atoms with Crippen LogP contribution in [0, 0.1) is 0 Å². The molecule has 4 nitrogen and oxygen atoms in total. The second-order valence-corrected chi connectivity index (χ2v) is 6.86. The van der Waals surface area contributed by atoms with Crippen LogP contribution in [0.5, 0.6) is 0 Å². The summed E-state index contributed by atoms with van der Waals surface area (Å²) in [5.74, 6) is 0. The Morgan fingerprint density at radius 3 is 2.00 bits per heavy atom. The maximum Gasteiger partial charge on any atom is 0.400 e. The van der Waals surface area contributed by atoms with Crippen molar-refractivity contribution >= 4 is 10.4 Å². The Morgan fingerprint density at radius 2 is 1.38 bits per heavy atom. The average Bonchev–Trinajstić information content (AvgIpc) is 2.45. The fourth-order valence-electron chi connectivity index (χ4n) is 2.18. The van der Waals surface area contributed by atoms with Gasteiger partial charge in [0.2, 0.25) is 0 Å². The van der Waals surface area contributed by atoms with Crippen molar-refractivity contribution in [2.24, 2.45) is 0 Å². The van der Waals surface area contributed by atoms with Gasteiger partial charge in [-0.05, 0) is 19.3 Å². The molecule has 0 aromatic heterocycles.